The molecular formula is C32H38NO9P. The maximum absolute atomic E-state index is 13.5. The van der Waals surface area contributed by atoms with E-state index in [0.717, 1.165) is 16.3 Å². The van der Waals surface area contributed by atoms with Gasteiger partial charge in [-0.05, 0) is 67.8 Å². The van der Waals surface area contributed by atoms with Crippen LogP contribution < -0.4 is 14.6 Å². The molecule has 0 fully saturated rings. The molecule has 0 aliphatic heterocycles. The highest BCUT2D eigenvalue weighted by Gasteiger charge is 2.32. The molecule has 0 aliphatic rings. The number of carbonyl (C=O) groups excluding carboxylic acids is 4. The quantitative estimate of drug-likeness (QED) is 0.116. The van der Waals surface area contributed by atoms with Crippen LogP contribution in [0.2, 0.25) is 0 Å². The largest absolute Gasteiger partial charge is 0.496 e. The number of ketones is 2. The minimum absolute atomic E-state index is 0.0744. The molecule has 3 rings (SSSR count). The Balaban J connectivity index is 1.61. The Morgan fingerprint density at radius 1 is 0.930 bits per heavy atom. The molecule has 0 saturated carbocycles. The van der Waals surface area contributed by atoms with Crippen LogP contribution in [0.25, 0.3) is 10.8 Å². The number of benzene rings is 3. The number of nitrogens with one attached hydrogen (secondary N) is 1. The second-order valence-electron chi connectivity index (χ2n) is 9.95. The third-order valence-electron chi connectivity index (χ3n) is 6.50. The standard InChI is InChI=1S/C32H38NO9P/c1-5-40-32(37)23(3)41-43(38,42-27-9-7-6-8-10-27)18-17-33-31(36)16-15-29(35)28-20-26-19-24(12-11-22(2)34)13-14-25(26)21-30(28)39-4/h6-10,13-14,19-21,23H,5,11-12,15-18H2,1-4H3,(H,33,36)/t23-,43?/m1/s1. The summed E-state index contributed by atoms with van der Waals surface area (Å²) >= 11 is 0. The van der Waals surface area contributed by atoms with Crippen LogP contribution in [0.1, 0.15) is 56.0 Å². The lowest BCUT2D eigenvalue weighted by Crippen LogP contribution is -2.29. The molecule has 0 bridgehead atoms. The minimum atomic E-state index is -3.88. The number of Topliss-reactive ketones (excluding diaryl/α,β-unsaturated/α-hetero) is 2. The molecule has 1 unspecified atom stereocenters. The first kappa shape index (κ1) is 33.5. The maximum Gasteiger partial charge on any atom is 0.381 e. The number of para-hydroxylation sites is 1. The average Bonchev–Trinajstić information content (AvgIpc) is 2.98. The molecule has 43 heavy (non-hydrogen) atoms. The number of amides is 1. The Bertz CT molecular complexity index is 1490. The maximum atomic E-state index is 13.5. The van der Waals surface area contributed by atoms with Gasteiger partial charge >= 0.3 is 13.6 Å². The molecule has 11 heteroatoms. The Hall–Kier alpha value is -4.01. The summed E-state index contributed by atoms with van der Waals surface area (Å²) in [6.45, 7) is 4.68. The summed E-state index contributed by atoms with van der Waals surface area (Å²) in [5, 5.41) is 4.37. The van der Waals surface area contributed by atoms with E-state index in [1.54, 1.807) is 56.3 Å². The van der Waals surface area contributed by atoms with Crippen LogP contribution in [0.4, 0.5) is 0 Å². The summed E-state index contributed by atoms with van der Waals surface area (Å²) in [7, 11) is -2.41. The van der Waals surface area contributed by atoms with Crippen LogP contribution >= 0.6 is 7.60 Å². The first-order valence-electron chi connectivity index (χ1n) is 14.1. The fourth-order valence-electron chi connectivity index (χ4n) is 4.28. The van der Waals surface area contributed by atoms with Gasteiger partial charge < -0.3 is 24.1 Å². The smallest absolute Gasteiger partial charge is 0.381 e. The fourth-order valence-corrected chi connectivity index (χ4v) is 5.91. The van der Waals surface area contributed by atoms with Crippen molar-refractivity contribution in [3.05, 3.63) is 71.8 Å². The van der Waals surface area contributed by atoms with Gasteiger partial charge in [0, 0.05) is 25.8 Å². The van der Waals surface area contributed by atoms with Gasteiger partial charge in [-0.2, -0.15) is 0 Å². The van der Waals surface area contributed by atoms with Crippen molar-refractivity contribution in [2.45, 2.75) is 52.6 Å². The number of rotatable bonds is 17. The van der Waals surface area contributed by atoms with E-state index in [2.05, 4.69) is 5.32 Å². The van der Waals surface area contributed by atoms with Crippen molar-refractivity contribution >= 4 is 41.8 Å². The third-order valence-corrected chi connectivity index (χ3v) is 8.40. The Kier molecular flexibility index (Phi) is 12.5. The van der Waals surface area contributed by atoms with E-state index in [4.69, 9.17) is 18.5 Å². The number of fused-ring (bicyclic) bond motifs is 1. The summed E-state index contributed by atoms with van der Waals surface area (Å²) in [6.07, 6.45) is -0.501. The molecular weight excluding hydrogens is 573 g/mol. The van der Waals surface area contributed by atoms with E-state index >= 15 is 0 Å². The average molecular weight is 612 g/mol. The second kappa shape index (κ2) is 16.0. The molecule has 1 amide bonds. The highest BCUT2D eigenvalue weighted by Crippen LogP contribution is 2.49. The van der Waals surface area contributed by atoms with Gasteiger partial charge in [0.1, 0.15) is 17.3 Å². The van der Waals surface area contributed by atoms with Gasteiger partial charge in [0.25, 0.3) is 0 Å². The lowest BCUT2D eigenvalue weighted by Gasteiger charge is -2.22. The molecule has 0 saturated heterocycles. The topological polar surface area (TPSA) is 134 Å². The van der Waals surface area contributed by atoms with E-state index in [9.17, 15) is 23.7 Å². The van der Waals surface area contributed by atoms with Crippen LogP contribution in [0.5, 0.6) is 11.5 Å². The van der Waals surface area contributed by atoms with Crippen molar-refractivity contribution in [1.29, 1.82) is 0 Å². The van der Waals surface area contributed by atoms with Crippen molar-refractivity contribution in [3.8, 4) is 11.5 Å². The van der Waals surface area contributed by atoms with Crippen LogP contribution in [0.15, 0.2) is 60.7 Å². The predicted octanol–water partition coefficient (Wildman–Crippen LogP) is 5.69. The third kappa shape index (κ3) is 10.3. The monoisotopic (exact) mass is 611 g/mol. The van der Waals surface area contributed by atoms with Gasteiger partial charge in [0.05, 0.1) is 25.4 Å². The zero-order chi connectivity index (χ0) is 31.4. The highest BCUT2D eigenvalue weighted by atomic mass is 31.2. The Morgan fingerprint density at radius 2 is 1.67 bits per heavy atom. The van der Waals surface area contributed by atoms with Crippen molar-refractivity contribution in [1.82, 2.24) is 5.32 Å². The molecule has 0 aliphatic carbocycles. The van der Waals surface area contributed by atoms with E-state index in [-0.39, 0.29) is 49.5 Å². The molecule has 230 valence electrons. The van der Waals surface area contributed by atoms with E-state index < -0.39 is 25.6 Å². The molecule has 0 aromatic heterocycles. The molecule has 10 nitrogen and oxygen atoms in total. The molecule has 0 heterocycles. The summed E-state index contributed by atoms with van der Waals surface area (Å²) in [5.41, 5.74) is 1.34. The number of esters is 1. The van der Waals surface area contributed by atoms with Gasteiger partial charge in [-0.3, -0.25) is 14.1 Å². The Morgan fingerprint density at radius 3 is 2.35 bits per heavy atom. The van der Waals surface area contributed by atoms with Crippen LogP contribution in [0.3, 0.4) is 0 Å². The first-order valence-corrected chi connectivity index (χ1v) is 15.8. The fraction of sp³-hybridized carbons (Fsp3) is 0.375. The lowest BCUT2D eigenvalue weighted by atomic mass is 9.98. The summed E-state index contributed by atoms with van der Waals surface area (Å²) in [4.78, 5) is 49.2. The van der Waals surface area contributed by atoms with Gasteiger partial charge in [-0.25, -0.2) is 9.36 Å². The molecule has 3 aromatic carbocycles. The number of ether oxygens (including phenoxy) is 2. The first-order chi connectivity index (χ1) is 20.5. The highest BCUT2D eigenvalue weighted by molar-refractivity contribution is 7.54. The van der Waals surface area contributed by atoms with E-state index in [0.29, 0.717) is 24.2 Å². The zero-order valence-electron chi connectivity index (χ0n) is 24.9. The lowest BCUT2D eigenvalue weighted by molar-refractivity contribution is -0.150. The number of aryl methyl sites for hydroxylation is 1. The van der Waals surface area contributed by atoms with Crippen molar-refractivity contribution in [3.63, 3.8) is 0 Å². The Labute approximate surface area is 251 Å². The summed E-state index contributed by atoms with van der Waals surface area (Å²) in [5.74, 6) is -0.583. The van der Waals surface area contributed by atoms with Crippen molar-refractivity contribution in [2.24, 2.45) is 0 Å². The SMILES string of the molecule is CCOC(=O)[C@@H](C)OP(=O)(CCNC(=O)CCC(=O)c1cc2cc(CCC(C)=O)ccc2cc1OC)Oc1ccccc1. The van der Waals surface area contributed by atoms with E-state index in [1.807, 2.05) is 18.2 Å². The number of carbonyl (C=O) groups is 4. The van der Waals surface area contributed by atoms with Crippen LogP contribution in [-0.2, 0) is 34.6 Å². The van der Waals surface area contributed by atoms with Gasteiger partial charge in [-0.15, -0.1) is 0 Å². The van der Waals surface area contributed by atoms with Crippen LogP contribution in [0, 0.1) is 0 Å². The van der Waals surface area contributed by atoms with Gasteiger partial charge in [0.15, 0.2) is 11.9 Å². The van der Waals surface area contributed by atoms with Gasteiger partial charge in [0.2, 0.25) is 5.91 Å². The van der Waals surface area contributed by atoms with Crippen molar-refractivity contribution in [2.75, 3.05) is 26.4 Å². The molecule has 2 atom stereocenters. The number of hydrogen-bond donors (Lipinski definition) is 1. The number of hydrogen-bond acceptors (Lipinski definition) is 9. The molecule has 0 spiro atoms. The summed E-state index contributed by atoms with van der Waals surface area (Å²) in [6, 6.07) is 17.7. The van der Waals surface area contributed by atoms with Crippen molar-refractivity contribution < 1.29 is 42.3 Å². The molecule has 3 aromatic rings. The van der Waals surface area contributed by atoms with Gasteiger partial charge in [-0.1, -0.05) is 36.4 Å². The van der Waals surface area contributed by atoms with Crippen LogP contribution in [-0.4, -0.2) is 56.0 Å². The molecule has 0 radical (unpaired) electrons. The minimum Gasteiger partial charge on any atom is -0.496 e. The predicted molar refractivity (Wildman–Crippen MR) is 163 cm³/mol. The summed E-state index contributed by atoms with van der Waals surface area (Å²) < 4.78 is 35.0. The zero-order valence-corrected chi connectivity index (χ0v) is 25.8. The molecule has 1 N–H and O–H groups in total. The number of methoxy groups -OCH3 is 1. The second-order valence-corrected chi connectivity index (χ2v) is 12.0. The van der Waals surface area contributed by atoms with E-state index in [1.165, 1.54) is 14.0 Å². The normalized spacial score (nSPS) is 13.0.